The summed E-state index contributed by atoms with van der Waals surface area (Å²) in [5.41, 5.74) is 0.170. The zero-order valence-corrected chi connectivity index (χ0v) is 16.9. The minimum atomic E-state index is -0.666. The molecular formula is C17H20N4O7S. The van der Waals surface area contributed by atoms with Crippen molar-refractivity contribution in [2.75, 3.05) is 18.5 Å². The molecule has 0 atom stereocenters. The SMILES string of the molecule is CCCOC(=O)c1c(NC(=O)Cn2cc([N+](=O)[O-])cn2)sc(C(=O)OCC)c1C. The highest BCUT2D eigenvalue weighted by Gasteiger charge is 2.27. The standard InChI is InChI=1S/C17H20N4O7S/c1-4-6-28-16(23)13-10(3)14(17(24)27-5-2)29-15(13)19-12(22)9-20-8-11(7-18-20)21(25)26/h7-8H,4-6,9H2,1-3H3,(H,19,22). The van der Waals surface area contributed by atoms with Crippen molar-refractivity contribution in [2.45, 2.75) is 33.7 Å². The average Bonchev–Trinajstić information content (AvgIpc) is 3.24. The van der Waals surface area contributed by atoms with Gasteiger partial charge in [0, 0.05) is 0 Å². The summed E-state index contributed by atoms with van der Waals surface area (Å²) in [7, 11) is 0. The molecule has 0 saturated carbocycles. The lowest BCUT2D eigenvalue weighted by molar-refractivity contribution is -0.385. The molecule has 29 heavy (non-hydrogen) atoms. The van der Waals surface area contributed by atoms with E-state index in [9.17, 15) is 24.5 Å². The van der Waals surface area contributed by atoms with Crippen molar-refractivity contribution < 1.29 is 28.8 Å². The molecule has 2 aromatic rings. The van der Waals surface area contributed by atoms with Gasteiger partial charge in [0.1, 0.15) is 28.8 Å². The van der Waals surface area contributed by atoms with E-state index in [1.54, 1.807) is 13.8 Å². The van der Waals surface area contributed by atoms with Crippen molar-refractivity contribution >= 4 is 39.9 Å². The third kappa shape index (κ3) is 5.38. The molecule has 1 N–H and O–H groups in total. The minimum absolute atomic E-state index is 0.0753. The first-order valence-corrected chi connectivity index (χ1v) is 9.54. The monoisotopic (exact) mass is 424 g/mol. The Morgan fingerprint density at radius 1 is 1.28 bits per heavy atom. The molecule has 0 spiro atoms. The first-order valence-electron chi connectivity index (χ1n) is 8.72. The third-order valence-electron chi connectivity index (χ3n) is 3.64. The number of nitrogens with one attached hydrogen (secondary N) is 1. The van der Waals surface area contributed by atoms with Crippen LogP contribution in [0.2, 0.25) is 0 Å². The van der Waals surface area contributed by atoms with Gasteiger partial charge in [-0.05, 0) is 25.8 Å². The van der Waals surface area contributed by atoms with Gasteiger partial charge in [0.2, 0.25) is 5.91 Å². The Labute approximate surface area is 169 Å². The van der Waals surface area contributed by atoms with E-state index in [-0.39, 0.29) is 40.9 Å². The normalized spacial score (nSPS) is 10.4. The summed E-state index contributed by atoms with van der Waals surface area (Å²) < 4.78 is 11.2. The van der Waals surface area contributed by atoms with Crippen LogP contribution in [0.25, 0.3) is 0 Å². The number of esters is 2. The van der Waals surface area contributed by atoms with Crippen LogP contribution >= 0.6 is 11.3 Å². The fourth-order valence-electron chi connectivity index (χ4n) is 2.35. The molecule has 0 saturated heterocycles. The number of amides is 1. The second-order valence-electron chi connectivity index (χ2n) is 5.82. The van der Waals surface area contributed by atoms with E-state index in [1.807, 2.05) is 6.92 Å². The van der Waals surface area contributed by atoms with E-state index in [2.05, 4.69) is 10.4 Å². The van der Waals surface area contributed by atoms with E-state index < -0.39 is 22.8 Å². The smallest absolute Gasteiger partial charge is 0.348 e. The molecule has 2 rings (SSSR count). The molecule has 11 nitrogen and oxygen atoms in total. The summed E-state index contributed by atoms with van der Waals surface area (Å²) in [6, 6.07) is 0. The van der Waals surface area contributed by atoms with Gasteiger partial charge in [0.25, 0.3) is 0 Å². The van der Waals surface area contributed by atoms with E-state index >= 15 is 0 Å². The molecule has 156 valence electrons. The summed E-state index contributed by atoms with van der Waals surface area (Å²) in [6.45, 7) is 5.09. The minimum Gasteiger partial charge on any atom is -0.462 e. The zero-order chi connectivity index (χ0) is 21.6. The highest BCUT2D eigenvalue weighted by atomic mass is 32.1. The number of thiophene rings is 1. The maximum absolute atomic E-state index is 12.4. The number of nitrogens with zero attached hydrogens (tertiary/aromatic N) is 3. The van der Waals surface area contributed by atoms with Gasteiger partial charge < -0.3 is 14.8 Å². The number of carbonyl (C=O) groups excluding carboxylic acids is 3. The van der Waals surface area contributed by atoms with Crippen LogP contribution in [0.5, 0.6) is 0 Å². The van der Waals surface area contributed by atoms with Gasteiger partial charge >= 0.3 is 17.6 Å². The fourth-order valence-corrected chi connectivity index (χ4v) is 3.46. The second-order valence-corrected chi connectivity index (χ2v) is 6.84. The molecule has 2 heterocycles. The summed E-state index contributed by atoms with van der Waals surface area (Å²) in [4.78, 5) is 47.2. The summed E-state index contributed by atoms with van der Waals surface area (Å²) in [6.07, 6.45) is 2.74. The van der Waals surface area contributed by atoms with E-state index in [0.717, 1.165) is 28.4 Å². The number of aromatic nitrogens is 2. The Balaban J connectivity index is 2.27. The third-order valence-corrected chi connectivity index (χ3v) is 4.83. The predicted molar refractivity (Wildman–Crippen MR) is 103 cm³/mol. The number of hydrogen-bond donors (Lipinski definition) is 1. The van der Waals surface area contributed by atoms with Crippen LogP contribution < -0.4 is 5.32 Å². The molecule has 1 amide bonds. The molecule has 0 aliphatic rings. The van der Waals surface area contributed by atoms with Gasteiger partial charge in [-0.25, -0.2) is 9.59 Å². The highest BCUT2D eigenvalue weighted by Crippen LogP contribution is 2.34. The van der Waals surface area contributed by atoms with Crippen molar-refractivity contribution in [3.63, 3.8) is 0 Å². The fraction of sp³-hybridized carbons (Fsp3) is 0.412. The van der Waals surface area contributed by atoms with Crippen LogP contribution in [0, 0.1) is 17.0 Å². The Morgan fingerprint density at radius 3 is 2.59 bits per heavy atom. The van der Waals surface area contributed by atoms with E-state index in [4.69, 9.17) is 9.47 Å². The number of carbonyl (C=O) groups is 3. The Kier molecular flexibility index (Phi) is 7.42. The van der Waals surface area contributed by atoms with Crippen LogP contribution in [0.3, 0.4) is 0 Å². The van der Waals surface area contributed by atoms with Gasteiger partial charge in [-0.3, -0.25) is 19.6 Å². The largest absolute Gasteiger partial charge is 0.462 e. The highest BCUT2D eigenvalue weighted by molar-refractivity contribution is 7.18. The molecule has 0 unspecified atom stereocenters. The Bertz CT molecular complexity index is 934. The summed E-state index contributed by atoms with van der Waals surface area (Å²) in [5.74, 6) is -1.85. The average molecular weight is 424 g/mol. The van der Waals surface area contributed by atoms with Gasteiger partial charge in [0.15, 0.2) is 0 Å². The number of anilines is 1. The van der Waals surface area contributed by atoms with Crippen LogP contribution in [0.15, 0.2) is 12.4 Å². The lowest BCUT2D eigenvalue weighted by Gasteiger charge is -2.07. The molecular weight excluding hydrogens is 404 g/mol. The molecule has 0 radical (unpaired) electrons. The topological polar surface area (TPSA) is 143 Å². The van der Waals surface area contributed by atoms with E-state index in [0.29, 0.717) is 12.0 Å². The van der Waals surface area contributed by atoms with Crippen molar-refractivity contribution in [3.05, 3.63) is 38.5 Å². The summed E-state index contributed by atoms with van der Waals surface area (Å²) >= 11 is 0.900. The van der Waals surface area contributed by atoms with Crippen LogP contribution in [-0.4, -0.2) is 45.8 Å². The molecule has 0 aliphatic carbocycles. The zero-order valence-electron chi connectivity index (χ0n) is 16.1. The van der Waals surface area contributed by atoms with E-state index in [1.165, 1.54) is 0 Å². The first kappa shape index (κ1) is 22.0. The quantitative estimate of drug-likeness (QED) is 0.367. The Morgan fingerprint density at radius 2 is 2.00 bits per heavy atom. The van der Waals surface area contributed by atoms with Crippen molar-refractivity contribution in [1.82, 2.24) is 9.78 Å². The van der Waals surface area contributed by atoms with Gasteiger partial charge in [-0.1, -0.05) is 6.92 Å². The second kappa shape index (κ2) is 9.78. The van der Waals surface area contributed by atoms with Crippen LogP contribution in [0.4, 0.5) is 10.7 Å². The number of nitro groups is 1. The van der Waals surface area contributed by atoms with Gasteiger partial charge in [0.05, 0.1) is 23.7 Å². The molecule has 0 fully saturated rings. The molecule has 0 bridgehead atoms. The van der Waals surface area contributed by atoms with Crippen molar-refractivity contribution in [1.29, 1.82) is 0 Å². The lowest BCUT2D eigenvalue weighted by Crippen LogP contribution is -2.20. The molecule has 2 aromatic heterocycles. The molecule has 0 aliphatic heterocycles. The van der Waals surface area contributed by atoms with Crippen molar-refractivity contribution in [2.24, 2.45) is 0 Å². The van der Waals surface area contributed by atoms with Gasteiger partial charge in [-0.2, -0.15) is 5.10 Å². The predicted octanol–water partition coefficient (Wildman–Crippen LogP) is 2.54. The molecule has 12 heteroatoms. The van der Waals surface area contributed by atoms with Crippen molar-refractivity contribution in [3.8, 4) is 0 Å². The number of hydrogen-bond acceptors (Lipinski definition) is 9. The maximum Gasteiger partial charge on any atom is 0.348 e. The van der Waals surface area contributed by atoms with Gasteiger partial charge in [-0.15, -0.1) is 11.3 Å². The van der Waals surface area contributed by atoms with Crippen LogP contribution in [0.1, 0.15) is 45.9 Å². The Hall–Kier alpha value is -3.28. The lowest BCUT2D eigenvalue weighted by atomic mass is 10.1. The van der Waals surface area contributed by atoms with Crippen LogP contribution in [-0.2, 0) is 20.8 Å². The first-order chi connectivity index (χ1) is 13.8. The molecule has 0 aromatic carbocycles. The summed E-state index contributed by atoms with van der Waals surface area (Å²) in [5, 5.41) is 17.1. The number of ether oxygens (including phenoxy) is 2. The maximum atomic E-state index is 12.4. The number of rotatable bonds is 9.